The lowest BCUT2D eigenvalue weighted by Crippen LogP contribution is -1.89. The predicted octanol–water partition coefficient (Wildman–Crippen LogP) is 5.27. The molecule has 2 heterocycles. The number of nitrogens with zero attached hydrogens (tertiary/aromatic N) is 2. The van der Waals surface area contributed by atoms with Crippen LogP contribution in [0.3, 0.4) is 0 Å². The molecule has 2 nitrogen and oxygen atoms in total. The van der Waals surface area contributed by atoms with Gasteiger partial charge in [-0.25, -0.2) is 9.97 Å². The van der Waals surface area contributed by atoms with E-state index in [0.717, 1.165) is 26.2 Å². The fraction of sp³-hybridized carbons (Fsp3) is 0. The Morgan fingerprint density at radius 3 is 2.45 bits per heavy atom. The van der Waals surface area contributed by atoms with Crippen LogP contribution in [0.25, 0.3) is 31.7 Å². The molecule has 0 atom stereocenters. The van der Waals surface area contributed by atoms with Crippen molar-refractivity contribution in [1.82, 2.24) is 9.97 Å². The number of aromatic nitrogens is 2. The van der Waals surface area contributed by atoms with E-state index in [0.29, 0.717) is 0 Å². The Kier molecular flexibility index (Phi) is 2.79. The van der Waals surface area contributed by atoms with Crippen LogP contribution in [0.5, 0.6) is 0 Å². The summed E-state index contributed by atoms with van der Waals surface area (Å²) in [6.45, 7) is 0. The van der Waals surface area contributed by atoms with E-state index < -0.39 is 0 Å². The predicted molar refractivity (Wildman–Crippen MR) is 88.1 cm³/mol. The second-order valence-electron chi connectivity index (χ2n) is 4.48. The molecule has 0 fully saturated rings. The molecule has 0 spiro atoms. The number of thiophene rings is 1. The van der Waals surface area contributed by atoms with Gasteiger partial charge in [-0.1, -0.05) is 48.5 Å². The molecule has 2 aromatic heterocycles. The van der Waals surface area contributed by atoms with Gasteiger partial charge in [0, 0.05) is 15.6 Å². The number of hydrogen-bond acceptors (Lipinski definition) is 3. The van der Waals surface area contributed by atoms with Crippen LogP contribution in [0.4, 0.5) is 0 Å². The Hall–Kier alpha value is -1.78. The maximum absolute atomic E-state index is 4.79. The van der Waals surface area contributed by atoms with Gasteiger partial charge in [-0.2, -0.15) is 0 Å². The molecule has 0 aliphatic rings. The van der Waals surface area contributed by atoms with Crippen molar-refractivity contribution in [2.24, 2.45) is 0 Å². The van der Waals surface area contributed by atoms with Crippen LogP contribution < -0.4 is 0 Å². The van der Waals surface area contributed by atoms with E-state index in [1.54, 1.807) is 11.3 Å². The van der Waals surface area contributed by atoms with Crippen molar-refractivity contribution >= 4 is 47.7 Å². The van der Waals surface area contributed by atoms with E-state index in [9.17, 15) is 0 Å². The van der Waals surface area contributed by atoms with Crippen LogP contribution >= 0.6 is 27.3 Å². The molecule has 0 unspecified atom stereocenters. The van der Waals surface area contributed by atoms with Crippen molar-refractivity contribution in [3.63, 3.8) is 0 Å². The Morgan fingerprint density at radius 2 is 1.60 bits per heavy atom. The topological polar surface area (TPSA) is 25.8 Å². The molecule has 0 amide bonds. The van der Waals surface area contributed by atoms with E-state index in [1.165, 1.54) is 10.1 Å². The number of hydrogen-bond donors (Lipinski definition) is 0. The van der Waals surface area contributed by atoms with Gasteiger partial charge >= 0.3 is 0 Å². The fourth-order valence-electron chi connectivity index (χ4n) is 2.28. The van der Waals surface area contributed by atoms with Crippen LogP contribution in [0.2, 0.25) is 0 Å². The third kappa shape index (κ3) is 1.84. The van der Waals surface area contributed by atoms with Crippen molar-refractivity contribution in [2.75, 3.05) is 0 Å². The average molecular weight is 341 g/mol. The summed E-state index contributed by atoms with van der Waals surface area (Å²) in [6.07, 6.45) is 0. The van der Waals surface area contributed by atoms with E-state index >= 15 is 0 Å². The van der Waals surface area contributed by atoms with Crippen LogP contribution in [-0.2, 0) is 0 Å². The Balaban J connectivity index is 2.05. The summed E-state index contributed by atoms with van der Waals surface area (Å²) in [5.74, 6) is 0. The molecule has 0 saturated carbocycles. The normalized spacial score (nSPS) is 11.2. The lowest BCUT2D eigenvalue weighted by Gasteiger charge is -2.03. The van der Waals surface area contributed by atoms with Gasteiger partial charge in [0.25, 0.3) is 0 Å². The second kappa shape index (κ2) is 4.65. The first-order valence-corrected chi connectivity index (χ1v) is 7.84. The van der Waals surface area contributed by atoms with E-state index in [2.05, 4.69) is 28.1 Å². The Labute approximate surface area is 128 Å². The average Bonchev–Trinajstić information content (AvgIpc) is 2.85. The molecule has 0 saturated heterocycles. The van der Waals surface area contributed by atoms with Gasteiger partial charge < -0.3 is 0 Å². The third-order valence-electron chi connectivity index (χ3n) is 3.22. The lowest BCUT2D eigenvalue weighted by atomic mass is 10.1. The maximum atomic E-state index is 4.79. The van der Waals surface area contributed by atoms with Crippen LogP contribution in [0.1, 0.15) is 0 Å². The number of benzene rings is 2. The molecule has 0 bridgehead atoms. The third-order valence-corrected chi connectivity index (χ3v) is 4.82. The van der Waals surface area contributed by atoms with Gasteiger partial charge in [-0.05, 0) is 22.0 Å². The Bertz CT molecular complexity index is 916. The van der Waals surface area contributed by atoms with E-state index in [4.69, 9.17) is 9.97 Å². The zero-order valence-electron chi connectivity index (χ0n) is 10.4. The summed E-state index contributed by atoms with van der Waals surface area (Å²) >= 11 is 5.24. The van der Waals surface area contributed by atoms with Crippen LogP contribution in [0.15, 0.2) is 59.2 Å². The molecule has 4 heteroatoms. The van der Waals surface area contributed by atoms with Crippen molar-refractivity contribution in [3.8, 4) is 11.3 Å². The summed E-state index contributed by atoms with van der Waals surface area (Å²) in [5, 5.41) is 1.17. The van der Waals surface area contributed by atoms with Crippen molar-refractivity contribution < 1.29 is 0 Å². The molecule has 96 valence electrons. The minimum absolute atomic E-state index is 0.791. The lowest BCUT2D eigenvalue weighted by molar-refractivity contribution is 1.27. The number of rotatable bonds is 1. The zero-order valence-corrected chi connectivity index (χ0v) is 12.8. The summed E-state index contributed by atoms with van der Waals surface area (Å²) in [6, 6.07) is 18.4. The standard InChI is InChI=1S/C16H9BrN2S/c17-15-13(10-6-2-1-3-7-10)19-16-14(18-15)11-8-4-5-9-12(11)20-16/h1-9H. The molecular formula is C16H9BrN2S. The molecule has 0 aliphatic carbocycles. The molecule has 0 N–H and O–H groups in total. The van der Waals surface area contributed by atoms with Crippen molar-refractivity contribution in [1.29, 1.82) is 0 Å². The molecule has 0 aliphatic heterocycles. The van der Waals surface area contributed by atoms with Gasteiger partial charge in [0.1, 0.15) is 20.6 Å². The van der Waals surface area contributed by atoms with Gasteiger partial charge in [0.2, 0.25) is 0 Å². The van der Waals surface area contributed by atoms with Gasteiger partial charge in [0.15, 0.2) is 0 Å². The zero-order chi connectivity index (χ0) is 13.5. The summed E-state index contributed by atoms with van der Waals surface area (Å²) in [4.78, 5) is 10.5. The molecule has 4 rings (SSSR count). The number of halogens is 1. The molecule has 0 radical (unpaired) electrons. The van der Waals surface area contributed by atoms with E-state index in [-0.39, 0.29) is 0 Å². The van der Waals surface area contributed by atoms with Crippen molar-refractivity contribution in [2.45, 2.75) is 0 Å². The molecular weight excluding hydrogens is 332 g/mol. The molecule has 20 heavy (non-hydrogen) atoms. The smallest absolute Gasteiger partial charge is 0.143 e. The minimum Gasteiger partial charge on any atom is -0.235 e. The molecule has 2 aromatic carbocycles. The highest BCUT2D eigenvalue weighted by molar-refractivity contribution is 9.10. The quantitative estimate of drug-likeness (QED) is 0.471. The summed E-state index contributed by atoms with van der Waals surface area (Å²) in [7, 11) is 0. The summed E-state index contributed by atoms with van der Waals surface area (Å²) < 4.78 is 2.01. The maximum Gasteiger partial charge on any atom is 0.143 e. The number of fused-ring (bicyclic) bond motifs is 3. The largest absolute Gasteiger partial charge is 0.235 e. The highest BCUT2D eigenvalue weighted by atomic mass is 79.9. The van der Waals surface area contributed by atoms with Crippen LogP contribution in [0, 0.1) is 0 Å². The highest BCUT2D eigenvalue weighted by Crippen LogP contribution is 2.35. The first-order chi connectivity index (χ1) is 9.83. The van der Waals surface area contributed by atoms with Gasteiger partial charge in [-0.15, -0.1) is 11.3 Å². The highest BCUT2D eigenvalue weighted by Gasteiger charge is 2.12. The van der Waals surface area contributed by atoms with Crippen molar-refractivity contribution in [3.05, 3.63) is 59.2 Å². The molecule has 4 aromatic rings. The second-order valence-corrected chi connectivity index (χ2v) is 6.26. The first-order valence-electron chi connectivity index (χ1n) is 6.23. The monoisotopic (exact) mass is 340 g/mol. The summed E-state index contributed by atoms with van der Waals surface area (Å²) in [5.41, 5.74) is 2.94. The Morgan fingerprint density at radius 1 is 0.850 bits per heavy atom. The fourth-order valence-corrected chi connectivity index (χ4v) is 3.79. The van der Waals surface area contributed by atoms with Gasteiger partial charge in [-0.3, -0.25) is 0 Å². The van der Waals surface area contributed by atoms with E-state index in [1.807, 2.05) is 42.5 Å². The van der Waals surface area contributed by atoms with Gasteiger partial charge in [0.05, 0.1) is 0 Å². The SMILES string of the molecule is Brc1nc2c(nc1-c1ccccc1)sc1ccccc12. The van der Waals surface area contributed by atoms with Crippen LogP contribution in [-0.4, -0.2) is 9.97 Å². The first kappa shape index (κ1) is 12.0. The minimum atomic E-state index is 0.791.